The highest BCUT2D eigenvalue weighted by molar-refractivity contribution is 7.92. The van der Waals surface area contributed by atoms with Gasteiger partial charge in [0, 0.05) is 17.6 Å². The predicted octanol–water partition coefficient (Wildman–Crippen LogP) is 5.42. The van der Waals surface area contributed by atoms with Crippen LogP contribution < -0.4 is 19.1 Å². The van der Waals surface area contributed by atoms with Crippen molar-refractivity contribution in [3.63, 3.8) is 0 Å². The van der Waals surface area contributed by atoms with Crippen LogP contribution in [0.25, 0.3) is 0 Å². The predicted molar refractivity (Wildman–Crippen MR) is 167 cm³/mol. The minimum absolute atomic E-state index is 0.0284. The third-order valence-corrected chi connectivity index (χ3v) is 9.69. The average molecular weight is 628 g/mol. The number of carbonyl (C=O) groups excluding carboxylic acids is 2. The molecule has 1 fully saturated rings. The molecule has 0 unspecified atom stereocenters. The number of ether oxygens (including phenoxy) is 2. The number of amides is 2. The van der Waals surface area contributed by atoms with Crippen LogP contribution in [0.5, 0.6) is 11.5 Å². The number of para-hydroxylation sites is 2. The van der Waals surface area contributed by atoms with Gasteiger partial charge in [0.05, 0.1) is 24.8 Å². The van der Waals surface area contributed by atoms with Crippen LogP contribution in [0.15, 0.2) is 77.7 Å². The number of carbonyl (C=O) groups is 2. The fourth-order valence-corrected chi connectivity index (χ4v) is 6.71. The Bertz CT molecular complexity index is 1490. The highest BCUT2D eigenvalue weighted by atomic mass is 35.5. The lowest BCUT2D eigenvalue weighted by atomic mass is 9.95. The molecule has 0 saturated heterocycles. The number of benzene rings is 3. The van der Waals surface area contributed by atoms with Crippen LogP contribution in [0.3, 0.4) is 0 Å². The normalized spacial score (nSPS) is 14.4. The number of hydrogen-bond donors (Lipinski definition) is 1. The molecule has 230 valence electrons. The van der Waals surface area contributed by atoms with Gasteiger partial charge in [0.2, 0.25) is 11.8 Å². The third-order valence-electron chi connectivity index (χ3n) is 7.67. The second-order valence-corrected chi connectivity index (χ2v) is 12.8. The lowest BCUT2D eigenvalue weighted by Gasteiger charge is -2.33. The fraction of sp³-hybridized carbons (Fsp3) is 0.375. The first-order chi connectivity index (χ1) is 20.6. The van der Waals surface area contributed by atoms with Gasteiger partial charge in [-0.3, -0.25) is 13.9 Å². The maximum atomic E-state index is 14.2. The molecule has 43 heavy (non-hydrogen) atoms. The standard InChI is InChI=1S/C32H38ClN3O6S/c1-23(32(38)34-26-9-5-4-6-10-26)35(21-24-13-15-25(33)16-14-24)31(37)22-36(29-11-7-8-12-30(29)42-3)43(39,40)28-19-17-27(41-2)18-20-28/h7-8,11-20,23,26H,4-6,9-10,21-22H2,1-3H3,(H,34,38)/t23-/m0/s1. The molecule has 9 nitrogen and oxygen atoms in total. The van der Waals surface area contributed by atoms with Crippen LogP contribution in [-0.4, -0.2) is 58.0 Å². The van der Waals surface area contributed by atoms with Crippen molar-refractivity contribution < 1.29 is 27.5 Å². The summed E-state index contributed by atoms with van der Waals surface area (Å²) >= 11 is 6.09. The molecular weight excluding hydrogens is 590 g/mol. The number of halogens is 1. The van der Waals surface area contributed by atoms with Crippen LogP contribution in [0.4, 0.5) is 5.69 Å². The lowest BCUT2D eigenvalue weighted by Crippen LogP contribution is -2.53. The van der Waals surface area contributed by atoms with Gasteiger partial charge in [-0.25, -0.2) is 8.42 Å². The molecule has 0 aliphatic heterocycles. The van der Waals surface area contributed by atoms with E-state index in [4.69, 9.17) is 21.1 Å². The lowest BCUT2D eigenvalue weighted by molar-refractivity contribution is -0.139. The average Bonchev–Trinajstić information content (AvgIpc) is 3.03. The summed E-state index contributed by atoms with van der Waals surface area (Å²) in [6.07, 6.45) is 5.02. The van der Waals surface area contributed by atoms with E-state index in [-0.39, 0.29) is 34.8 Å². The van der Waals surface area contributed by atoms with E-state index in [1.165, 1.54) is 31.3 Å². The summed E-state index contributed by atoms with van der Waals surface area (Å²) in [7, 11) is -1.33. The Balaban J connectivity index is 1.70. The van der Waals surface area contributed by atoms with E-state index < -0.39 is 28.5 Å². The number of sulfonamides is 1. The summed E-state index contributed by atoms with van der Waals surface area (Å²) < 4.78 is 39.9. The van der Waals surface area contributed by atoms with Gasteiger partial charge in [0.1, 0.15) is 24.1 Å². The number of rotatable bonds is 12. The first-order valence-electron chi connectivity index (χ1n) is 14.3. The Morgan fingerprint density at radius 2 is 1.58 bits per heavy atom. The highest BCUT2D eigenvalue weighted by Crippen LogP contribution is 2.33. The molecule has 1 aliphatic carbocycles. The van der Waals surface area contributed by atoms with Crippen molar-refractivity contribution >= 4 is 39.1 Å². The molecule has 0 bridgehead atoms. The van der Waals surface area contributed by atoms with Crippen molar-refractivity contribution in [2.75, 3.05) is 25.1 Å². The fourth-order valence-electron chi connectivity index (χ4n) is 5.16. The van der Waals surface area contributed by atoms with E-state index in [1.54, 1.807) is 67.6 Å². The first kappa shape index (κ1) is 32.2. The molecule has 0 spiro atoms. The van der Waals surface area contributed by atoms with Gasteiger partial charge in [0.15, 0.2) is 0 Å². The van der Waals surface area contributed by atoms with Crippen LogP contribution in [0.1, 0.15) is 44.6 Å². The van der Waals surface area contributed by atoms with Crippen molar-refractivity contribution in [1.29, 1.82) is 0 Å². The van der Waals surface area contributed by atoms with Gasteiger partial charge in [-0.2, -0.15) is 0 Å². The van der Waals surface area contributed by atoms with E-state index in [0.29, 0.717) is 10.8 Å². The summed E-state index contributed by atoms with van der Waals surface area (Å²) in [5, 5.41) is 3.64. The van der Waals surface area contributed by atoms with Gasteiger partial charge in [-0.1, -0.05) is 55.1 Å². The molecule has 3 aromatic carbocycles. The smallest absolute Gasteiger partial charge is 0.264 e. The Hall–Kier alpha value is -3.76. The van der Waals surface area contributed by atoms with Crippen LogP contribution >= 0.6 is 11.6 Å². The molecule has 0 heterocycles. The summed E-state index contributed by atoms with van der Waals surface area (Å²) in [6, 6.07) is 18.7. The maximum absolute atomic E-state index is 14.2. The van der Waals surface area contributed by atoms with Gasteiger partial charge in [-0.05, 0) is 73.9 Å². The zero-order valence-corrected chi connectivity index (χ0v) is 26.2. The van der Waals surface area contributed by atoms with E-state index >= 15 is 0 Å². The Morgan fingerprint density at radius 1 is 0.930 bits per heavy atom. The molecule has 2 amide bonds. The van der Waals surface area contributed by atoms with Crippen molar-refractivity contribution in [2.24, 2.45) is 0 Å². The van der Waals surface area contributed by atoms with Crippen molar-refractivity contribution in [3.05, 3.63) is 83.4 Å². The number of methoxy groups -OCH3 is 2. The van der Waals surface area contributed by atoms with E-state index in [0.717, 1.165) is 42.0 Å². The largest absolute Gasteiger partial charge is 0.497 e. The molecule has 1 saturated carbocycles. The first-order valence-corrected chi connectivity index (χ1v) is 16.1. The molecule has 1 aliphatic rings. The van der Waals surface area contributed by atoms with Crippen LogP contribution in [0, 0.1) is 0 Å². The van der Waals surface area contributed by atoms with E-state index in [1.807, 2.05) is 0 Å². The van der Waals surface area contributed by atoms with Crippen molar-refractivity contribution in [2.45, 2.75) is 62.6 Å². The summed E-state index contributed by atoms with van der Waals surface area (Å²) in [4.78, 5) is 29.0. The molecule has 4 rings (SSSR count). The SMILES string of the molecule is COc1ccc(S(=O)(=O)N(CC(=O)N(Cc2ccc(Cl)cc2)[C@@H](C)C(=O)NC2CCCCC2)c2ccccc2OC)cc1. The highest BCUT2D eigenvalue weighted by Gasteiger charge is 2.34. The van der Waals surface area contributed by atoms with Crippen LogP contribution in [-0.2, 0) is 26.2 Å². The number of nitrogens with zero attached hydrogens (tertiary/aromatic N) is 2. The molecule has 3 aromatic rings. The quantitative estimate of drug-likeness (QED) is 0.288. The Morgan fingerprint density at radius 3 is 2.21 bits per heavy atom. The Kier molecular flexibility index (Phi) is 10.9. The molecule has 0 aromatic heterocycles. The van der Waals surface area contributed by atoms with Crippen molar-refractivity contribution in [3.8, 4) is 11.5 Å². The number of nitrogens with one attached hydrogen (secondary N) is 1. The maximum Gasteiger partial charge on any atom is 0.264 e. The molecule has 1 atom stereocenters. The minimum atomic E-state index is -4.26. The van der Waals surface area contributed by atoms with Gasteiger partial charge in [-0.15, -0.1) is 0 Å². The van der Waals surface area contributed by atoms with E-state index in [9.17, 15) is 18.0 Å². The van der Waals surface area contributed by atoms with Crippen LogP contribution in [0.2, 0.25) is 5.02 Å². The molecule has 0 radical (unpaired) electrons. The zero-order valence-electron chi connectivity index (χ0n) is 24.7. The van der Waals surface area contributed by atoms with E-state index in [2.05, 4.69) is 5.32 Å². The summed E-state index contributed by atoms with van der Waals surface area (Å²) in [5.41, 5.74) is 0.942. The second-order valence-electron chi connectivity index (χ2n) is 10.5. The monoisotopic (exact) mass is 627 g/mol. The third kappa shape index (κ3) is 8.00. The second kappa shape index (κ2) is 14.6. The minimum Gasteiger partial charge on any atom is -0.497 e. The number of hydrogen-bond acceptors (Lipinski definition) is 6. The molecular formula is C32H38ClN3O6S. The van der Waals surface area contributed by atoms with Gasteiger partial charge in [0.25, 0.3) is 10.0 Å². The molecule has 1 N–H and O–H groups in total. The topological polar surface area (TPSA) is 105 Å². The summed E-state index contributed by atoms with van der Waals surface area (Å²) in [6.45, 7) is 1.18. The molecule has 11 heteroatoms. The summed E-state index contributed by atoms with van der Waals surface area (Å²) in [5.74, 6) is -0.0640. The van der Waals surface area contributed by atoms with Crippen molar-refractivity contribution in [1.82, 2.24) is 10.2 Å². The van der Waals surface area contributed by atoms with Gasteiger partial charge >= 0.3 is 0 Å². The Labute approximate surface area is 258 Å². The zero-order chi connectivity index (χ0) is 31.0. The van der Waals surface area contributed by atoms with Gasteiger partial charge < -0.3 is 19.7 Å². The number of anilines is 1.